The first kappa shape index (κ1) is 21.3. The Morgan fingerprint density at radius 2 is 1.36 bits per heavy atom. The van der Waals surface area contributed by atoms with Crippen molar-refractivity contribution in [2.45, 2.75) is 34.6 Å². The van der Waals surface area contributed by atoms with Gasteiger partial charge in [-0.15, -0.1) is 0 Å². The third-order valence-electron chi connectivity index (χ3n) is 4.69. The van der Waals surface area contributed by atoms with Gasteiger partial charge in [0.05, 0.1) is 14.2 Å². The highest BCUT2D eigenvalue weighted by atomic mass is 16.5. The van der Waals surface area contributed by atoms with Crippen molar-refractivity contribution < 1.29 is 19.1 Å². The number of carbonyl (C=O) groups excluding carboxylic acids is 2. The minimum atomic E-state index is -1.28. The van der Waals surface area contributed by atoms with E-state index in [-0.39, 0.29) is 5.91 Å². The summed E-state index contributed by atoms with van der Waals surface area (Å²) >= 11 is 0. The zero-order valence-electron chi connectivity index (χ0n) is 17.5. The van der Waals surface area contributed by atoms with Crippen LogP contribution in [0, 0.1) is 26.2 Å². The summed E-state index contributed by atoms with van der Waals surface area (Å²) in [5.41, 5.74) is 3.02. The molecule has 0 saturated heterocycles. The Morgan fingerprint density at radius 3 is 1.89 bits per heavy atom. The summed E-state index contributed by atoms with van der Waals surface area (Å²) in [4.78, 5) is 25.7. The van der Waals surface area contributed by atoms with Crippen molar-refractivity contribution >= 4 is 23.2 Å². The lowest BCUT2D eigenvalue weighted by molar-refractivity contribution is -0.135. The van der Waals surface area contributed by atoms with Crippen LogP contribution in [0.1, 0.15) is 30.5 Å². The Kier molecular flexibility index (Phi) is 6.33. The van der Waals surface area contributed by atoms with E-state index in [9.17, 15) is 9.59 Å². The smallest absolute Gasteiger partial charge is 0.239 e. The highest BCUT2D eigenvalue weighted by molar-refractivity contribution is 6.14. The molecular weight excluding hydrogens is 356 g/mol. The molecule has 0 aliphatic rings. The summed E-state index contributed by atoms with van der Waals surface area (Å²) in [5, 5.41) is 5.69. The van der Waals surface area contributed by atoms with Gasteiger partial charge in [-0.3, -0.25) is 9.59 Å². The van der Waals surface area contributed by atoms with Gasteiger partial charge in [-0.2, -0.15) is 0 Å². The van der Waals surface area contributed by atoms with Crippen LogP contribution >= 0.6 is 0 Å². The first-order valence-electron chi connectivity index (χ1n) is 9.03. The van der Waals surface area contributed by atoms with E-state index in [1.807, 2.05) is 32.9 Å². The van der Waals surface area contributed by atoms with Gasteiger partial charge in [-0.05, 0) is 57.9 Å². The molecule has 0 bridgehead atoms. The Morgan fingerprint density at radius 1 is 0.821 bits per heavy atom. The predicted molar refractivity (Wildman–Crippen MR) is 111 cm³/mol. The van der Waals surface area contributed by atoms with Crippen LogP contribution < -0.4 is 20.1 Å². The van der Waals surface area contributed by atoms with E-state index in [1.54, 1.807) is 39.2 Å². The van der Waals surface area contributed by atoms with Crippen molar-refractivity contribution in [1.82, 2.24) is 0 Å². The molecule has 0 radical (unpaired) electrons. The number of benzene rings is 2. The second kappa shape index (κ2) is 8.33. The van der Waals surface area contributed by atoms with Crippen LogP contribution in [-0.4, -0.2) is 26.0 Å². The third-order valence-corrected chi connectivity index (χ3v) is 4.69. The summed E-state index contributed by atoms with van der Waals surface area (Å²) in [6.45, 7) is 9.07. The molecule has 0 aliphatic carbocycles. The average Bonchev–Trinajstić information content (AvgIpc) is 2.64. The number of nitrogens with one attached hydrogen (secondary N) is 2. The van der Waals surface area contributed by atoms with E-state index in [0.29, 0.717) is 17.2 Å². The zero-order chi connectivity index (χ0) is 21.1. The van der Waals surface area contributed by atoms with Crippen LogP contribution in [0.5, 0.6) is 11.5 Å². The van der Waals surface area contributed by atoms with E-state index < -0.39 is 11.3 Å². The van der Waals surface area contributed by atoms with Gasteiger partial charge in [0.1, 0.15) is 5.41 Å². The molecule has 0 unspecified atom stereocenters. The van der Waals surface area contributed by atoms with Gasteiger partial charge in [0.25, 0.3) is 0 Å². The second-order valence-corrected chi connectivity index (χ2v) is 7.38. The van der Waals surface area contributed by atoms with E-state index in [0.717, 1.165) is 22.4 Å². The molecule has 6 heteroatoms. The predicted octanol–water partition coefficient (Wildman–Crippen LogP) is 4.23. The van der Waals surface area contributed by atoms with Crippen molar-refractivity contribution in [2.75, 3.05) is 24.9 Å². The maximum absolute atomic E-state index is 12.9. The van der Waals surface area contributed by atoms with E-state index in [2.05, 4.69) is 10.6 Å². The van der Waals surface area contributed by atoms with Crippen molar-refractivity contribution in [3.05, 3.63) is 47.0 Å². The molecule has 2 aromatic rings. The molecule has 0 aliphatic heterocycles. The van der Waals surface area contributed by atoms with Gasteiger partial charge in [0, 0.05) is 17.4 Å². The second-order valence-electron chi connectivity index (χ2n) is 7.38. The Balaban J connectivity index is 2.19. The molecule has 0 atom stereocenters. The number of amides is 2. The maximum atomic E-state index is 12.9. The number of carbonyl (C=O) groups is 2. The van der Waals surface area contributed by atoms with Crippen LogP contribution in [0.2, 0.25) is 0 Å². The summed E-state index contributed by atoms with van der Waals surface area (Å²) < 4.78 is 10.4. The summed E-state index contributed by atoms with van der Waals surface area (Å²) in [6, 6.07) is 9.04. The first-order chi connectivity index (χ1) is 13.1. The lowest BCUT2D eigenvalue weighted by Crippen LogP contribution is -2.41. The Labute approximate surface area is 166 Å². The molecule has 28 heavy (non-hydrogen) atoms. The quantitative estimate of drug-likeness (QED) is 0.731. The van der Waals surface area contributed by atoms with Crippen LogP contribution in [0.4, 0.5) is 11.4 Å². The van der Waals surface area contributed by atoms with Gasteiger partial charge in [0.2, 0.25) is 11.8 Å². The lowest BCUT2D eigenvalue weighted by Gasteiger charge is -2.24. The summed E-state index contributed by atoms with van der Waals surface area (Å²) in [7, 11) is 3.06. The zero-order valence-corrected chi connectivity index (χ0v) is 17.5. The number of ether oxygens (including phenoxy) is 2. The molecular formula is C22H28N2O4. The molecule has 2 amide bonds. The molecule has 6 nitrogen and oxygen atoms in total. The molecule has 0 spiro atoms. The molecule has 0 saturated carbocycles. The van der Waals surface area contributed by atoms with E-state index >= 15 is 0 Å². The minimum absolute atomic E-state index is 0.375. The van der Waals surface area contributed by atoms with Gasteiger partial charge in [-0.25, -0.2) is 0 Å². The highest BCUT2D eigenvalue weighted by Crippen LogP contribution is 2.31. The molecule has 0 fully saturated rings. The van der Waals surface area contributed by atoms with Crippen LogP contribution in [0.25, 0.3) is 0 Å². The number of hydrogen-bond donors (Lipinski definition) is 2. The normalized spacial score (nSPS) is 11.0. The van der Waals surface area contributed by atoms with Crippen molar-refractivity contribution in [2.24, 2.45) is 5.41 Å². The fourth-order valence-electron chi connectivity index (χ4n) is 2.95. The van der Waals surface area contributed by atoms with Crippen LogP contribution in [0.3, 0.4) is 0 Å². The average molecular weight is 384 g/mol. The van der Waals surface area contributed by atoms with Crippen LogP contribution in [-0.2, 0) is 9.59 Å². The lowest BCUT2D eigenvalue weighted by atomic mass is 9.90. The van der Waals surface area contributed by atoms with E-state index in [4.69, 9.17) is 9.47 Å². The van der Waals surface area contributed by atoms with Gasteiger partial charge < -0.3 is 20.1 Å². The number of rotatable bonds is 6. The van der Waals surface area contributed by atoms with Gasteiger partial charge in [-0.1, -0.05) is 17.7 Å². The Hall–Kier alpha value is -3.02. The maximum Gasteiger partial charge on any atom is 0.239 e. The fraction of sp³-hybridized carbons (Fsp3) is 0.364. The fourth-order valence-corrected chi connectivity index (χ4v) is 2.95. The number of anilines is 2. The third kappa shape index (κ3) is 4.44. The summed E-state index contributed by atoms with van der Waals surface area (Å²) in [5.74, 6) is 0.261. The molecule has 0 aromatic heterocycles. The molecule has 2 rings (SSSR count). The standard InChI is InChI=1S/C22H28N2O4/c1-13-10-14(2)19(15(3)11-13)24-21(26)22(4,5)20(25)23-16-8-9-17(27-6)18(12-16)28-7/h8-12H,1-7H3,(H,23,25)(H,24,26). The summed E-state index contributed by atoms with van der Waals surface area (Å²) in [6.07, 6.45) is 0. The van der Waals surface area contributed by atoms with Gasteiger partial charge >= 0.3 is 0 Å². The first-order valence-corrected chi connectivity index (χ1v) is 9.03. The van der Waals surface area contributed by atoms with Crippen molar-refractivity contribution in [1.29, 1.82) is 0 Å². The Bertz CT molecular complexity index is 880. The number of methoxy groups -OCH3 is 2. The van der Waals surface area contributed by atoms with Crippen molar-refractivity contribution in [3.63, 3.8) is 0 Å². The highest BCUT2D eigenvalue weighted by Gasteiger charge is 2.36. The van der Waals surface area contributed by atoms with Crippen molar-refractivity contribution in [3.8, 4) is 11.5 Å². The SMILES string of the molecule is COc1ccc(NC(=O)C(C)(C)C(=O)Nc2c(C)cc(C)cc2C)cc1OC. The van der Waals surface area contributed by atoms with Gasteiger partial charge in [0.15, 0.2) is 11.5 Å². The van der Waals surface area contributed by atoms with Crippen LogP contribution in [0.15, 0.2) is 30.3 Å². The molecule has 2 N–H and O–H groups in total. The number of aryl methyl sites for hydroxylation is 3. The minimum Gasteiger partial charge on any atom is -0.493 e. The largest absolute Gasteiger partial charge is 0.493 e. The number of hydrogen-bond acceptors (Lipinski definition) is 4. The van der Waals surface area contributed by atoms with E-state index in [1.165, 1.54) is 7.11 Å². The molecule has 150 valence electrons. The topological polar surface area (TPSA) is 76.7 Å². The molecule has 2 aromatic carbocycles. The molecule has 0 heterocycles. The monoisotopic (exact) mass is 384 g/mol.